The van der Waals surface area contributed by atoms with E-state index in [1.165, 1.54) is 0 Å². The van der Waals surface area contributed by atoms with Crippen LogP contribution in [0.5, 0.6) is 11.5 Å². The van der Waals surface area contributed by atoms with Gasteiger partial charge in [0, 0.05) is 17.0 Å². The summed E-state index contributed by atoms with van der Waals surface area (Å²) in [5.74, 6) is 1.20. The van der Waals surface area contributed by atoms with Crippen molar-refractivity contribution in [2.75, 3.05) is 0 Å². The van der Waals surface area contributed by atoms with Crippen molar-refractivity contribution in [2.24, 2.45) is 7.05 Å². The van der Waals surface area contributed by atoms with Crippen LogP contribution in [0, 0.1) is 0 Å². The summed E-state index contributed by atoms with van der Waals surface area (Å²) in [6, 6.07) is 21.0. The number of aryl methyl sites for hydroxylation is 1. The molecule has 0 radical (unpaired) electrons. The third-order valence-corrected chi connectivity index (χ3v) is 4.16. The first-order valence-corrected chi connectivity index (χ1v) is 8.64. The molecule has 0 aliphatic rings. The fraction of sp³-hybridized carbons (Fsp3) is 0.167. The Morgan fingerprint density at radius 1 is 0.966 bits per heavy atom. The molecule has 1 N–H and O–H groups in total. The maximum Gasteiger partial charge on any atom is 0.344 e. The van der Waals surface area contributed by atoms with Crippen LogP contribution in [0.1, 0.15) is 30.9 Å². The molecule has 2 aromatic heterocycles. The summed E-state index contributed by atoms with van der Waals surface area (Å²) < 4.78 is 13.1. The number of hydrogen-bond acceptors (Lipinski definition) is 3. The molecule has 0 bridgehead atoms. The van der Waals surface area contributed by atoms with Crippen LogP contribution in [-0.4, -0.2) is 11.0 Å². The minimum atomic E-state index is -0.349. The number of esters is 1. The Bertz CT molecular complexity index is 1090. The highest BCUT2D eigenvalue weighted by atomic mass is 16.5. The highest BCUT2D eigenvalue weighted by molar-refractivity contribution is 5.88. The first-order chi connectivity index (χ1) is 13.2. The molecule has 150 valence electrons. The van der Waals surface area contributed by atoms with E-state index in [1.54, 1.807) is 12.3 Å². The van der Waals surface area contributed by atoms with Crippen molar-refractivity contribution in [3.63, 3.8) is 0 Å². The topological polar surface area (TPSA) is 55.2 Å². The highest BCUT2D eigenvalue weighted by Crippen LogP contribution is 2.26. The number of nitrogens with one attached hydrogen (secondary N) is 1. The fourth-order valence-corrected chi connectivity index (χ4v) is 2.87. The van der Waals surface area contributed by atoms with Crippen LogP contribution in [0.2, 0.25) is 0 Å². The lowest BCUT2D eigenvalue weighted by atomic mass is 10.2. The van der Waals surface area contributed by atoms with Gasteiger partial charge < -0.3 is 14.5 Å². The summed E-state index contributed by atoms with van der Waals surface area (Å²) >= 11 is 0. The molecule has 0 aliphatic heterocycles. The van der Waals surface area contributed by atoms with Gasteiger partial charge in [-0.05, 0) is 42.5 Å². The Kier molecular flexibility index (Phi) is 7.15. The number of benzene rings is 2. The van der Waals surface area contributed by atoms with E-state index in [1.807, 2.05) is 78.5 Å². The van der Waals surface area contributed by atoms with Crippen molar-refractivity contribution in [1.29, 1.82) is 0 Å². The second kappa shape index (κ2) is 9.55. The number of hydrogen-bond donors (Lipinski definition) is 1. The first kappa shape index (κ1) is 21.7. The number of aromatic nitrogens is 2. The minimum absolute atomic E-state index is 0. The molecule has 0 amide bonds. The summed E-state index contributed by atoms with van der Waals surface area (Å²) in [5, 5.41) is 1.00. The molecular formula is C24H27N2O3+. The van der Waals surface area contributed by atoms with Crippen LogP contribution < -0.4 is 9.30 Å². The van der Waals surface area contributed by atoms with Gasteiger partial charge in [-0.1, -0.05) is 33.1 Å². The quantitative estimate of drug-likeness (QED) is 0.365. The molecule has 0 unspecified atom stereocenters. The molecule has 4 rings (SSSR count). The Morgan fingerprint density at radius 3 is 2.52 bits per heavy atom. The zero-order valence-electron chi connectivity index (χ0n) is 14.9. The zero-order chi connectivity index (χ0) is 18.6. The van der Waals surface area contributed by atoms with E-state index in [-0.39, 0.29) is 27.4 Å². The first-order valence-electron chi connectivity index (χ1n) is 8.64. The zero-order valence-corrected chi connectivity index (χ0v) is 14.9. The maximum absolute atomic E-state index is 12.2. The minimum Gasteiger partial charge on any atom is -0.457 e. The van der Waals surface area contributed by atoms with E-state index in [9.17, 15) is 4.79 Å². The van der Waals surface area contributed by atoms with Gasteiger partial charge in [-0.25, -0.2) is 9.36 Å². The largest absolute Gasteiger partial charge is 0.457 e. The lowest BCUT2D eigenvalue weighted by Gasteiger charge is -2.04. The molecule has 2 heterocycles. The van der Waals surface area contributed by atoms with Gasteiger partial charge in [0.1, 0.15) is 30.7 Å². The van der Waals surface area contributed by atoms with Gasteiger partial charge in [-0.15, -0.1) is 0 Å². The Balaban J connectivity index is 0.00000150. The van der Waals surface area contributed by atoms with E-state index >= 15 is 0 Å². The molecule has 2 aromatic carbocycles. The highest BCUT2D eigenvalue weighted by Gasteiger charge is 2.12. The molecule has 4 aromatic rings. The summed E-state index contributed by atoms with van der Waals surface area (Å²) in [4.78, 5) is 15.4. The Hall–Kier alpha value is -3.60. The molecule has 5 nitrogen and oxygen atoms in total. The molecule has 0 spiro atoms. The van der Waals surface area contributed by atoms with Gasteiger partial charge in [-0.3, -0.25) is 0 Å². The summed E-state index contributed by atoms with van der Waals surface area (Å²) in [7, 11) is 1.86. The maximum atomic E-state index is 12.2. The number of carbonyl (C=O) groups excluding carboxylic acids is 1. The summed E-state index contributed by atoms with van der Waals surface area (Å²) in [6.07, 6.45) is 3.60. The van der Waals surface area contributed by atoms with Crippen molar-refractivity contribution >= 4 is 16.9 Å². The lowest BCUT2D eigenvalue weighted by molar-refractivity contribution is -0.671. The van der Waals surface area contributed by atoms with Gasteiger partial charge in [0.25, 0.3) is 0 Å². The van der Waals surface area contributed by atoms with E-state index in [0.29, 0.717) is 5.56 Å². The van der Waals surface area contributed by atoms with Crippen molar-refractivity contribution in [1.82, 2.24) is 4.98 Å². The molecule has 0 fully saturated rings. The van der Waals surface area contributed by atoms with Gasteiger partial charge in [0.2, 0.25) is 0 Å². The van der Waals surface area contributed by atoms with Crippen LogP contribution in [0.25, 0.3) is 10.9 Å². The lowest BCUT2D eigenvalue weighted by Crippen LogP contribution is -2.28. The normalized spacial score (nSPS) is 9.97. The van der Waals surface area contributed by atoms with Crippen LogP contribution in [0.15, 0.2) is 79.1 Å². The van der Waals surface area contributed by atoms with Crippen LogP contribution >= 0.6 is 0 Å². The number of fused-ring (bicyclic) bond motifs is 1. The monoisotopic (exact) mass is 391 g/mol. The van der Waals surface area contributed by atoms with Gasteiger partial charge in [0.15, 0.2) is 12.4 Å². The van der Waals surface area contributed by atoms with Crippen molar-refractivity contribution < 1.29 is 18.8 Å². The predicted molar refractivity (Wildman–Crippen MR) is 115 cm³/mol. The number of pyridine rings is 1. The SMILES string of the molecule is C.C.C[n+]1cccc(C(=O)OCc2cc3cc(Oc4ccccc4)ccc3[nH]2)c1. The Morgan fingerprint density at radius 2 is 1.76 bits per heavy atom. The number of ether oxygens (including phenoxy) is 2. The van der Waals surface area contributed by atoms with E-state index in [2.05, 4.69) is 4.98 Å². The molecular weight excluding hydrogens is 364 g/mol. The average molecular weight is 391 g/mol. The number of para-hydroxylation sites is 1. The number of H-pyrrole nitrogens is 1. The summed E-state index contributed by atoms with van der Waals surface area (Å²) in [6.45, 7) is 0.182. The van der Waals surface area contributed by atoms with E-state index in [4.69, 9.17) is 9.47 Å². The molecule has 29 heavy (non-hydrogen) atoms. The summed E-state index contributed by atoms with van der Waals surface area (Å²) in [5.41, 5.74) is 2.32. The van der Waals surface area contributed by atoms with Crippen molar-refractivity contribution in [3.8, 4) is 11.5 Å². The molecule has 5 heteroatoms. The van der Waals surface area contributed by atoms with E-state index in [0.717, 1.165) is 28.1 Å². The van der Waals surface area contributed by atoms with Crippen molar-refractivity contribution in [2.45, 2.75) is 21.5 Å². The average Bonchev–Trinajstić information content (AvgIpc) is 3.09. The van der Waals surface area contributed by atoms with Gasteiger partial charge >= 0.3 is 5.97 Å². The fourth-order valence-electron chi connectivity index (χ4n) is 2.87. The van der Waals surface area contributed by atoms with Crippen LogP contribution in [0.4, 0.5) is 0 Å². The predicted octanol–water partition coefficient (Wildman–Crippen LogP) is 5.41. The van der Waals surface area contributed by atoms with E-state index < -0.39 is 0 Å². The molecule has 0 saturated heterocycles. The standard InChI is InChI=1S/C22H19N2O3.2CH4/c1-24-11-5-6-16(14-24)22(25)26-15-18-12-17-13-20(9-10-21(17)23-18)27-19-7-3-2-4-8-19;;/h2-14,23H,15H2,1H3;2*1H4/q+1;;. The molecule has 0 saturated carbocycles. The van der Waals surface area contributed by atoms with Crippen LogP contribution in [0.3, 0.4) is 0 Å². The number of aromatic amines is 1. The second-order valence-electron chi connectivity index (χ2n) is 6.29. The number of rotatable bonds is 5. The molecule has 0 aliphatic carbocycles. The van der Waals surface area contributed by atoms with Gasteiger partial charge in [-0.2, -0.15) is 0 Å². The Labute approximate surface area is 171 Å². The third kappa shape index (κ3) is 5.23. The second-order valence-corrected chi connectivity index (χ2v) is 6.29. The van der Waals surface area contributed by atoms with Crippen LogP contribution in [-0.2, 0) is 18.4 Å². The smallest absolute Gasteiger partial charge is 0.344 e. The van der Waals surface area contributed by atoms with Gasteiger partial charge in [0.05, 0.1) is 5.69 Å². The number of carbonyl (C=O) groups is 1. The third-order valence-electron chi connectivity index (χ3n) is 4.16. The molecule has 0 atom stereocenters. The number of nitrogens with zero attached hydrogens (tertiary/aromatic N) is 1. The van der Waals surface area contributed by atoms with Crippen molar-refractivity contribution in [3.05, 3.63) is 90.4 Å².